The number of aromatic nitrogens is 2. The van der Waals surface area contributed by atoms with Crippen LogP contribution in [-0.4, -0.2) is 33.3 Å². The third-order valence-corrected chi connectivity index (χ3v) is 4.97. The van der Waals surface area contributed by atoms with Crippen molar-refractivity contribution in [3.63, 3.8) is 0 Å². The van der Waals surface area contributed by atoms with Crippen LogP contribution in [0.25, 0.3) is 0 Å². The first-order chi connectivity index (χ1) is 17.0. The average molecular weight is 491 g/mol. The number of halogens is 1. The highest BCUT2D eigenvalue weighted by Gasteiger charge is 2.32. The first-order valence-corrected chi connectivity index (χ1v) is 10.7. The maximum absolute atomic E-state index is 13.3. The van der Waals surface area contributed by atoms with Gasteiger partial charge in [-0.2, -0.15) is 0 Å². The van der Waals surface area contributed by atoms with Gasteiger partial charge in [0.25, 0.3) is 0 Å². The fourth-order valence-corrected chi connectivity index (χ4v) is 3.35. The van der Waals surface area contributed by atoms with Crippen LogP contribution in [0.3, 0.4) is 0 Å². The fourth-order valence-electron chi connectivity index (χ4n) is 3.16. The number of hydroxylamine groups is 1. The van der Waals surface area contributed by atoms with E-state index >= 15 is 0 Å². The summed E-state index contributed by atoms with van der Waals surface area (Å²) >= 11 is 6.01. The highest BCUT2D eigenvalue weighted by Crippen LogP contribution is 2.23. The Hall–Kier alpha value is -4.54. The van der Waals surface area contributed by atoms with Gasteiger partial charge in [0, 0.05) is 10.7 Å². The zero-order chi connectivity index (χ0) is 24.6. The van der Waals surface area contributed by atoms with Crippen molar-refractivity contribution in [1.82, 2.24) is 15.8 Å². The van der Waals surface area contributed by atoms with Gasteiger partial charge in [0.1, 0.15) is 0 Å². The van der Waals surface area contributed by atoms with Gasteiger partial charge in [-0.25, -0.2) is 19.3 Å². The maximum Gasteiger partial charge on any atom is 0.334 e. The van der Waals surface area contributed by atoms with Crippen LogP contribution in [0.4, 0.5) is 22.0 Å². The van der Waals surface area contributed by atoms with Crippen molar-refractivity contribution in [3.8, 4) is 0 Å². The summed E-state index contributed by atoms with van der Waals surface area (Å²) in [6.45, 7) is 0. The highest BCUT2D eigenvalue weighted by atomic mass is 35.5. The molecule has 3 amide bonds. The number of nitrogens with zero attached hydrogens (tertiary/aromatic N) is 4. The number of anilines is 2. The standard InChI is InChI=1S/C24H19ClN6O4/c25-17-10-7-13-19(15-17)26-22(28-34)21-23(30-35-29-21)31(20(32)14-16-8-3-1-4-9-16)24(33)27-18-11-5-2-6-12-18/h1-13,15,34H,14H2,(H,26,28)(H,27,33). The molecule has 0 unspecified atom stereocenters. The van der Waals surface area contributed by atoms with E-state index in [1.54, 1.807) is 78.9 Å². The molecule has 0 atom stereocenters. The zero-order valence-corrected chi connectivity index (χ0v) is 18.9. The second-order valence-corrected chi connectivity index (χ2v) is 7.61. The molecule has 176 valence electrons. The van der Waals surface area contributed by atoms with E-state index in [9.17, 15) is 14.8 Å². The number of nitrogens with one attached hydrogen (secondary N) is 2. The summed E-state index contributed by atoms with van der Waals surface area (Å²) < 4.78 is 4.84. The minimum absolute atomic E-state index is 0.108. The van der Waals surface area contributed by atoms with Crippen LogP contribution in [0.5, 0.6) is 0 Å². The van der Waals surface area contributed by atoms with Gasteiger partial charge in [-0.05, 0) is 46.2 Å². The molecule has 0 saturated heterocycles. The van der Waals surface area contributed by atoms with Crippen molar-refractivity contribution in [2.45, 2.75) is 6.42 Å². The molecule has 11 heteroatoms. The number of aliphatic imine (C=N–C) groups is 1. The van der Waals surface area contributed by atoms with E-state index < -0.39 is 11.9 Å². The number of hydrogen-bond donors (Lipinski definition) is 3. The molecule has 0 spiro atoms. The van der Waals surface area contributed by atoms with Gasteiger partial charge in [-0.3, -0.25) is 15.5 Å². The number of carbonyl (C=O) groups excluding carboxylic acids is 2. The summed E-state index contributed by atoms with van der Waals surface area (Å²) in [5.41, 5.74) is 3.27. The molecule has 0 aliphatic rings. The summed E-state index contributed by atoms with van der Waals surface area (Å²) in [5.74, 6) is -1.09. The van der Waals surface area contributed by atoms with E-state index in [-0.39, 0.29) is 23.8 Å². The molecule has 0 fully saturated rings. The molecular weight excluding hydrogens is 472 g/mol. The van der Waals surface area contributed by atoms with E-state index in [4.69, 9.17) is 16.2 Å². The van der Waals surface area contributed by atoms with Gasteiger partial charge in [0.2, 0.25) is 11.7 Å². The molecule has 4 rings (SSSR count). The molecule has 35 heavy (non-hydrogen) atoms. The summed E-state index contributed by atoms with van der Waals surface area (Å²) in [6.07, 6.45) is -0.108. The van der Waals surface area contributed by atoms with Crippen LogP contribution in [0.15, 0.2) is 94.6 Å². The molecule has 0 bridgehead atoms. The highest BCUT2D eigenvalue weighted by molar-refractivity contribution is 6.30. The van der Waals surface area contributed by atoms with Crippen LogP contribution in [-0.2, 0) is 11.2 Å². The number of para-hydroxylation sites is 1. The van der Waals surface area contributed by atoms with Crippen LogP contribution >= 0.6 is 11.6 Å². The lowest BCUT2D eigenvalue weighted by molar-refractivity contribution is -0.117. The van der Waals surface area contributed by atoms with E-state index in [0.717, 1.165) is 4.90 Å². The number of rotatable bonds is 6. The first kappa shape index (κ1) is 23.6. The Morgan fingerprint density at radius 2 is 1.69 bits per heavy atom. The Labute approximate surface area is 204 Å². The normalized spacial score (nSPS) is 11.1. The van der Waals surface area contributed by atoms with Crippen LogP contribution in [0, 0.1) is 0 Å². The molecule has 4 aromatic rings. The number of hydrogen-bond acceptors (Lipinski definition) is 7. The molecule has 0 saturated carbocycles. The summed E-state index contributed by atoms with van der Waals surface area (Å²) in [6, 6.07) is 23.2. The maximum atomic E-state index is 13.3. The zero-order valence-electron chi connectivity index (χ0n) is 18.1. The van der Waals surface area contributed by atoms with Crippen LogP contribution in [0.2, 0.25) is 5.02 Å². The number of carbonyl (C=O) groups is 2. The largest absolute Gasteiger partial charge is 0.334 e. The van der Waals surface area contributed by atoms with Crippen molar-refractivity contribution in [3.05, 3.63) is 101 Å². The van der Waals surface area contributed by atoms with Crippen LogP contribution < -0.4 is 15.7 Å². The fraction of sp³-hybridized carbons (Fsp3) is 0.0417. The Bertz CT molecular complexity index is 1290. The number of amidine groups is 1. The first-order valence-electron chi connectivity index (χ1n) is 10.4. The lowest BCUT2D eigenvalue weighted by Crippen LogP contribution is -2.42. The Morgan fingerprint density at radius 3 is 2.37 bits per heavy atom. The van der Waals surface area contributed by atoms with Crippen molar-refractivity contribution in [2.24, 2.45) is 4.99 Å². The quantitative estimate of drug-likeness (QED) is 0.204. The van der Waals surface area contributed by atoms with Crippen molar-refractivity contribution in [1.29, 1.82) is 0 Å². The smallest absolute Gasteiger partial charge is 0.307 e. The minimum Gasteiger partial charge on any atom is -0.307 e. The van der Waals surface area contributed by atoms with Crippen LogP contribution in [0.1, 0.15) is 11.3 Å². The number of benzene rings is 3. The molecule has 0 radical (unpaired) electrons. The summed E-state index contributed by atoms with van der Waals surface area (Å²) in [4.78, 5) is 31.6. The molecule has 3 N–H and O–H groups in total. The Morgan fingerprint density at radius 1 is 0.971 bits per heavy atom. The SMILES string of the molecule is O=C(Cc1ccccc1)N(C(=O)Nc1ccccc1)c1nonc1C(=Nc1cccc(Cl)c1)NO. The topological polar surface area (TPSA) is 133 Å². The molecule has 0 aliphatic carbocycles. The monoisotopic (exact) mass is 490 g/mol. The van der Waals surface area contributed by atoms with Gasteiger partial charge < -0.3 is 5.32 Å². The average Bonchev–Trinajstić information content (AvgIpc) is 3.33. The Balaban J connectivity index is 1.72. The molecule has 1 heterocycles. The molecular formula is C24H19ClN6O4. The van der Waals surface area contributed by atoms with Gasteiger partial charge >= 0.3 is 6.03 Å². The molecule has 1 aromatic heterocycles. The van der Waals surface area contributed by atoms with Gasteiger partial charge in [-0.1, -0.05) is 66.2 Å². The Kier molecular flexibility index (Phi) is 7.46. The molecule has 3 aromatic carbocycles. The third kappa shape index (κ3) is 5.88. The van der Waals surface area contributed by atoms with E-state index in [2.05, 4.69) is 20.6 Å². The lowest BCUT2D eigenvalue weighted by Gasteiger charge is -2.19. The van der Waals surface area contributed by atoms with Crippen molar-refractivity contribution < 1.29 is 19.4 Å². The van der Waals surface area contributed by atoms with E-state index in [0.29, 0.717) is 22.0 Å². The predicted molar refractivity (Wildman–Crippen MR) is 130 cm³/mol. The van der Waals surface area contributed by atoms with E-state index in [1.165, 1.54) is 0 Å². The second kappa shape index (κ2) is 11.1. The van der Waals surface area contributed by atoms with Gasteiger partial charge in [-0.15, -0.1) is 0 Å². The molecule has 10 nitrogen and oxygen atoms in total. The van der Waals surface area contributed by atoms with Gasteiger partial charge in [0.15, 0.2) is 11.5 Å². The number of urea groups is 1. The van der Waals surface area contributed by atoms with E-state index in [1.807, 2.05) is 11.5 Å². The summed E-state index contributed by atoms with van der Waals surface area (Å²) in [7, 11) is 0. The third-order valence-electron chi connectivity index (χ3n) is 4.74. The number of amides is 3. The lowest BCUT2D eigenvalue weighted by atomic mass is 10.1. The second-order valence-electron chi connectivity index (χ2n) is 7.18. The number of imide groups is 1. The summed E-state index contributed by atoms with van der Waals surface area (Å²) in [5, 5.41) is 20.4. The van der Waals surface area contributed by atoms with Crippen molar-refractivity contribution in [2.75, 3.05) is 10.2 Å². The molecule has 0 aliphatic heterocycles. The van der Waals surface area contributed by atoms with Crippen molar-refractivity contribution >= 4 is 46.6 Å². The van der Waals surface area contributed by atoms with Gasteiger partial charge in [0.05, 0.1) is 12.1 Å². The predicted octanol–water partition coefficient (Wildman–Crippen LogP) is 4.59. The minimum atomic E-state index is -0.797.